The topological polar surface area (TPSA) is 79.2 Å². The molecule has 0 amide bonds. The van der Waals surface area contributed by atoms with E-state index in [1.165, 1.54) is 57.8 Å². The zero-order chi connectivity index (χ0) is 19.0. The second-order valence-electron chi connectivity index (χ2n) is 7.37. The van der Waals surface area contributed by atoms with Gasteiger partial charge in [-0.3, -0.25) is 0 Å². The predicted molar refractivity (Wildman–Crippen MR) is 104 cm³/mol. The van der Waals surface area contributed by atoms with Gasteiger partial charge < -0.3 is 24.8 Å². The Kier molecular flexibility index (Phi) is 14.1. The summed E-state index contributed by atoms with van der Waals surface area (Å²) in [5.41, 5.74) is 0. The molecule has 0 aromatic carbocycles. The highest BCUT2D eigenvalue weighted by molar-refractivity contribution is 4.86. The molecule has 0 aromatic rings. The van der Waals surface area contributed by atoms with Gasteiger partial charge in [0.05, 0.1) is 19.8 Å². The maximum atomic E-state index is 9.79. The van der Waals surface area contributed by atoms with E-state index in [1.54, 1.807) is 0 Å². The maximum Gasteiger partial charge on any atom is 0.111 e. The lowest BCUT2D eigenvalue weighted by atomic mass is 10.0. The number of aliphatic hydroxyl groups is 3. The Labute approximate surface area is 159 Å². The summed E-state index contributed by atoms with van der Waals surface area (Å²) in [6.07, 6.45) is 14.7. The van der Waals surface area contributed by atoms with Crippen LogP contribution in [0, 0.1) is 0 Å². The first-order valence-corrected chi connectivity index (χ1v) is 10.5. The van der Waals surface area contributed by atoms with Crippen molar-refractivity contribution in [1.29, 1.82) is 0 Å². The maximum absolute atomic E-state index is 9.79. The molecule has 1 rings (SSSR count). The summed E-state index contributed by atoms with van der Waals surface area (Å²) in [7, 11) is 0. The largest absolute Gasteiger partial charge is 0.388 e. The lowest BCUT2D eigenvalue weighted by Crippen LogP contribution is -2.54. The van der Waals surface area contributed by atoms with Crippen LogP contribution >= 0.6 is 0 Å². The molecule has 1 aliphatic rings. The molecule has 0 saturated carbocycles. The van der Waals surface area contributed by atoms with Crippen LogP contribution in [0.1, 0.15) is 77.6 Å². The lowest BCUT2D eigenvalue weighted by molar-refractivity contribution is -0.199. The van der Waals surface area contributed by atoms with Gasteiger partial charge in [-0.1, -0.05) is 70.4 Å². The highest BCUT2D eigenvalue weighted by Crippen LogP contribution is 2.16. The highest BCUT2D eigenvalue weighted by Gasteiger charge is 2.37. The number of aliphatic hydroxyl groups excluding tert-OH is 3. The van der Waals surface area contributed by atoms with E-state index in [2.05, 4.69) is 19.1 Å². The molecule has 0 bridgehead atoms. The van der Waals surface area contributed by atoms with Gasteiger partial charge in [0.1, 0.15) is 24.4 Å². The fourth-order valence-corrected chi connectivity index (χ4v) is 3.17. The Bertz CT molecular complexity index is 347. The van der Waals surface area contributed by atoms with Crippen molar-refractivity contribution in [1.82, 2.24) is 0 Å². The lowest BCUT2D eigenvalue weighted by Gasteiger charge is -2.35. The van der Waals surface area contributed by atoms with Crippen molar-refractivity contribution in [2.75, 3.05) is 19.8 Å². The first-order valence-electron chi connectivity index (χ1n) is 10.5. The monoisotopic (exact) mass is 372 g/mol. The van der Waals surface area contributed by atoms with Gasteiger partial charge in [-0.25, -0.2) is 0 Å². The van der Waals surface area contributed by atoms with E-state index >= 15 is 0 Å². The van der Waals surface area contributed by atoms with E-state index in [0.29, 0.717) is 6.61 Å². The molecule has 1 saturated heterocycles. The molecule has 4 atom stereocenters. The summed E-state index contributed by atoms with van der Waals surface area (Å²) in [4.78, 5) is 0. The van der Waals surface area contributed by atoms with E-state index in [4.69, 9.17) is 9.47 Å². The van der Waals surface area contributed by atoms with Crippen LogP contribution in [0.5, 0.6) is 0 Å². The molecule has 0 unspecified atom stereocenters. The minimum Gasteiger partial charge on any atom is -0.388 e. The average molecular weight is 373 g/mol. The quantitative estimate of drug-likeness (QED) is 0.303. The van der Waals surface area contributed by atoms with Crippen molar-refractivity contribution >= 4 is 0 Å². The average Bonchev–Trinajstić information content (AvgIpc) is 2.64. The van der Waals surface area contributed by atoms with Crippen molar-refractivity contribution in [2.24, 2.45) is 0 Å². The molecule has 0 radical (unpaired) electrons. The number of rotatable bonds is 15. The van der Waals surface area contributed by atoms with Gasteiger partial charge in [0, 0.05) is 0 Å². The Morgan fingerprint density at radius 2 is 1.46 bits per heavy atom. The molecular weight excluding hydrogens is 332 g/mol. The number of ether oxygens (including phenoxy) is 2. The molecule has 1 fully saturated rings. The van der Waals surface area contributed by atoms with Gasteiger partial charge in [0.2, 0.25) is 0 Å². The van der Waals surface area contributed by atoms with Crippen LogP contribution in [0.4, 0.5) is 0 Å². The van der Waals surface area contributed by atoms with Gasteiger partial charge in [0.25, 0.3) is 0 Å². The zero-order valence-electron chi connectivity index (χ0n) is 16.5. The SMILES string of the molecule is CCCCCCCCCCC/C=C/CCOC[C@H]1OC[C@H](O)[C@@H](O)[C@@H]1O. The zero-order valence-corrected chi connectivity index (χ0v) is 16.5. The van der Waals surface area contributed by atoms with Crippen molar-refractivity contribution in [3.05, 3.63) is 12.2 Å². The summed E-state index contributed by atoms with van der Waals surface area (Å²) >= 11 is 0. The fourth-order valence-electron chi connectivity index (χ4n) is 3.17. The Balaban J connectivity index is 1.86. The number of hydrogen-bond acceptors (Lipinski definition) is 5. The van der Waals surface area contributed by atoms with Crippen LogP contribution < -0.4 is 0 Å². The molecule has 26 heavy (non-hydrogen) atoms. The normalized spacial score (nSPS) is 26.6. The van der Waals surface area contributed by atoms with Crippen LogP contribution in [0.15, 0.2) is 12.2 Å². The fraction of sp³-hybridized carbons (Fsp3) is 0.905. The van der Waals surface area contributed by atoms with Gasteiger partial charge in [-0.15, -0.1) is 0 Å². The molecule has 154 valence electrons. The number of hydrogen-bond donors (Lipinski definition) is 3. The molecule has 1 aliphatic heterocycles. The summed E-state index contributed by atoms with van der Waals surface area (Å²) < 4.78 is 10.8. The van der Waals surface area contributed by atoms with Crippen LogP contribution in [0.2, 0.25) is 0 Å². The molecular formula is C21H40O5. The van der Waals surface area contributed by atoms with E-state index in [1.807, 2.05) is 0 Å². The Morgan fingerprint density at radius 1 is 0.846 bits per heavy atom. The van der Waals surface area contributed by atoms with Crippen molar-refractivity contribution in [2.45, 2.75) is 102 Å². The summed E-state index contributed by atoms with van der Waals surface area (Å²) in [6.45, 7) is 3.09. The summed E-state index contributed by atoms with van der Waals surface area (Å²) in [6, 6.07) is 0. The van der Waals surface area contributed by atoms with E-state index in [-0.39, 0.29) is 13.2 Å². The van der Waals surface area contributed by atoms with Gasteiger partial charge in [0.15, 0.2) is 0 Å². The molecule has 0 aliphatic carbocycles. The second-order valence-corrected chi connectivity index (χ2v) is 7.37. The van der Waals surface area contributed by atoms with E-state index in [0.717, 1.165) is 12.8 Å². The second kappa shape index (κ2) is 15.6. The number of unbranched alkanes of at least 4 members (excludes halogenated alkanes) is 9. The Hall–Kier alpha value is -0.460. The Morgan fingerprint density at radius 3 is 2.15 bits per heavy atom. The third-order valence-electron chi connectivity index (χ3n) is 4.96. The first-order chi connectivity index (χ1) is 12.7. The molecule has 0 aromatic heterocycles. The van der Waals surface area contributed by atoms with E-state index in [9.17, 15) is 15.3 Å². The third-order valence-corrected chi connectivity index (χ3v) is 4.96. The third kappa shape index (κ3) is 10.6. The standard InChI is InChI=1S/C21H40O5/c1-2-3-4-5-6-7-8-9-10-11-12-13-14-15-25-17-19-21(24)20(23)18(22)16-26-19/h12-13,18-24H,2-11,14-17H2,1H3/b13-12+/t18-,19+,20+,21+/m0/s1. The van der Waals surface area contributed by atoms with Crippen molar-refractivity contribution < 1.29 is 24.8 Å². The minimum atomic E-state index is -1.16. The van der Waals surface area contributed by atoms with Crippen LogP contribution in [0.3, 0.4) is 0 Å². The van der Waals surface area contributed by atoms with Crippen molar-refractivity contribution in [3.63, 3.8) is 0 Å². The molecule has 5 heteroatoms. The van der Waals surface area contributed by atoms with Gasteiger partial charge in [-0.05, 0) is 19.3 Å². The van der Waals surface area contributed by atoms with Gasteiger partial charge in [-0.2, -0.15) is 0 Å². The number of allylic oxidation sites excluding steroid dienone is 1. The predicted octanol–water partition coefficient (Wildman–Crippen LogP) is 3.35. The highest BCUT2D eigenvalue weighted by atomic mass is 16.6. The van der Waals surface area contributed by atoms with Crippen molar-refractivity contribution in [3.8, 4) is 0 Å². The summed E-state index contributed by atoms with van der Waals surface area (Å²) in [5.74, 6) is 0. The molecule has 3 N–H and O–H groups in total. The molecule has 5 nitrogen and oxygen atoms in total. The van der Waals surface area contributed by atoms with Gasteiger partial charge >= 0.3 is 0 Å². The first kappa shape index (κ1) is 23.6. The van der Waals surface area contributed by atoms with Crippen LogP contribution in [-0.2, 0) is 9.47 Å². The van der Waals surface area contributed by atoms with E-state index < -0.39 is 24.4 Å². The molecule has 0 spiro atoms. The molecule has 1 heterocycles. The minimum absolute atomic E-state index is 0.0326. The smallest absolute Gasteiger partial charge is 0.111 e. The van der Waals surface area contributed by atoms with Crippen LogP contribution in [-0.4, -0.2) is 59.6 Å². The van der Waals surface area contributed by atoms with Crippen LogP contribution in [0.25, 0.3) is 0 Å². The summed E-state index contributed by atoms with van der Waals surface area (Å²) in [5, 5.41) is 28.8.